The largest absolute Gasteiger partial charge is 0.454 e. The number of rotatable bonds is 11. The zero-order valence-electron chi connectivity index (χ0n) is 17.3. The Kier molecular flexibility index (Phi) is 9.47. The zero-order chi connectivity index (χ0) is 22.9. The van der Waals surface area contributed by atoms with E-state index in [1.54, 1.807) is 36.4 Å². The summed E-state index contributed by atoms with van der Waals surface area (Å²) in [7, 11) is -2.47. The van der Waals surface area contributed by atoms with Gasteiger partial charge in [-0.1, -0.05) is 36.4 Å². The SMILES string of the molecule is CSCCC(NS(=O)(=O)c1ccccc1)C(=O)OCC(=O)N(C)Cc1ccccc1F. The molecule has 31 heavy (non-hydrogen) atoms. The van der Waals surface area contributed by atoms with Gasteiger partial charge in [-0.3, -0.25) is 9.59 Å². The van der Waals surface area contributed by atoms with Crippen LogP contribution in [-0.2, 0) is 30.9 Å². The quantitative estimate of drug-likeness (QED) is 0.509. The van der Waals surface area contributed by atoms with Gasteiger partial charge in [0.05, 0.1) is 4.90 Å². The maximum Gasteiger partial charge on any atom is 0.324 e. The predicted molar refractivity (Wildman–Crippen MR) is 117 cm³/mol. The van der Waals surface area contributed by atoms with Gasteiger partial charge in [-0.15, -0.1) is 0 Å². The molecule has 0 saturated carbocycles. The van der Waals surface area contributed by atoms with E-state index in [0.29, 0.717) is 11.3 Å². The molecule has 0 aliphatic carbocycles. The van der Waals surface area contributed by atoms with Crippen LogP contribution in [0.3, 0.4) is 0 Å². The molecule has 7 nitrogen and oxygen atoms in total. The number of benzene rings is 2. The Hall–Kier alpha value is -2.43. The second-order valence-electron chi connectivity index (χ2n) is 6.72. The zero-order valence-corrected chi connectivity index (χ0v) is 18.9. The summed E-state index contributed by atoms with van der Waals surface area (Å²) >= 11 is 1.45. The molecular formula is C21H25FN2O5S2. The lowest BCUT2D eigenvalue weighted by molar-refractivity contribution is -0.153. The third kappa shape index (κ3) is 7.64. The summed E-state index contributed by atoms with van der Waals surface area (Å²) < 4.78 is 46.3. The summed E-state index contributed by atoms with van der Waals surface area (Å²) in [5.41, 5.74) is 0.332. The van der Waals surface area contributed by atoms with Crippen LogP contribution in [0.5, 0.6) is 0 Å². The highest BCUT2D eigenvalue weighted by Crippen LogP contribution is 2.12. The van der Waals surface area contributed by atoms with Gasteiger partial charge in [0.15, 0.2) is 6.61 Å². The van der Waals surface area contributed by atoms with Gasteiger partial charge in [-0.2, -0.15) is 16.5 Å². The molecule has 2 aromatic carbocycles. The van der Waals surface area contributed by atoms with Crippen molar-refractivity contribution >= 4 is 33.7 Å². The number of carbonyl (C=O) groups excluding carboxylic acids is 2. The fourth-order valence-electron chi connectivity index (χ4n) is 2.63. The van der Waals surface area contributed by atoms with Crippen LogP contribution in [0.25, 0.3) is 0 Å². The van der Waals surface area contributed by atoms with E-state index in [9.17, 15) is 22.4 Å². The lowest BCUT2D eigenvalue weighted by atomic mass is 10.2. The van der Waals surface area contributed by atoms with Gasteiger partial charge in [-0.05, 0) is 36.6 Å². The number of nitrogens with zero attached hydrogens (tertiary/aromatic N) is 1. The molecule has 2 rings (SSSR count). The van der Waals surface area contributed by atoms with E-state index in [0.717, 1.165) is 0 Å². The number of carbonyl (C=O) groups is 2. The van der Waals surface area contributed by atoms with E-state index in [1.165, 1.54) is 41.9 Å². The number of likely N-dealkylation sites (N-methyl/N-ethyl adjacent to an activating group) is 1. The predicted octanol–water partition coefficient (Wildman–Crippen LogP) is 2.43. The first-order chi connectivity index (χ1) is 14.7. The molecule has 0 aromatic heterocycles. The lowest BCUT2D eigenvalue weighted by Gasteiger charge is -2.20. The van der Waals surface area contributed by atoms with Crippen molar-refractivity contribution in [3.8, 4) is 0 Å². The van der Waals surface area contributed by atoms with Gasteiger partial charge in [0.25, 0.3) is 5.91 Å². The Morgan fingerprint density at radius 1 is 1.13 bits per heavy atom. The average molecular weight is 469 g/mol. The topological polar surface area (TPSA) is 92.8 Å². The van der Waals surface area contributed by atoms with E-state index >= 15 is 0 Å². The third-order valence-electron chi connectivity index (χ3n) is 4.38. The van der Waals surface area contributed by atoms with E-state index in [1.807, 2.05) is 6.26 Å². The van der Waals surface area contributed by atoms with Crippen LogP contribution in [0, 0.1) is 5.82 Å². The molecule has 0 heterocycles. The minimum absolute atomic E-state index is 0.0135. The van der Waals surface area contributed by atoms with Gasteiger partial charge in [0.2, 0.25) is 10.0 Å². The highest BCUT2D eigenvalue weighted by Gasteiger charge is 2.27. The van der Waals surface area contributed by atoms with Crippen LogP contribution in [0.4, 0.5) is 4.39 Å². The van der Waals surface area contributed by atoms with E-state index < -0.39 is 40.4 Å². The molecule has 0 aliphatic heterocycles. The highest BCUT2D eigenvalue weighted by molar-refractivity contribution is 7.98. The van der Waals surface area contributed by atoms with Crippen LogP contribution < -0.4 is 4.72 Å². The van der Waals surface area contributed by atoms with Crippen molar-refractivity contribution in [2.75, 3.05) is 25.7 Å². The molecule has 0 saturated heterocycles. The van der Waals surface area contributed by atoms with Crippen LogP contribution in [0.1, 0.15) is 12.0 Å². The molecule has 0 spiro atoms. The average Bonchev–Trinajstić information content (AvgIpc) is 2.76. The molecule has 0 fully saturated rings. The summed E-state index contributed by atoms with van der Waals surface area (Å²) in [5, 5.41) is 0. The number of halogens is 1. The standard InChI is InChI=1S/C21H25FN2O5S2/c1-24(14-16-8-6-7-11-18(16)22)20(25)15-29-21(26)19(12-13-30-2)23-31(27,28)17-9-4-3-5-10-17/h3-11,19,23H,12-15H2,1-2H3. The number of ether oxygens (including phenoxy) is 1. The Morgan fingerprint density at radius 2 is 1.77 bits per heavy atom. The van der Waals surface area contributed by atoms with Gasteiger partial charge < -0.3 is 9.64 Å². The normalized spacial score (nSPS) is 12.2. The first-order valence-electron chi connectivity index (χ1n) is 9.45. The van der Waals surface area contributed by atoms with Crippen molar-refractivity contribution in [2.45, 2.75) is 23.9 Å². The second kappa shape index (κ2) is 11.8. The number of amides is 1. The van der Waals surface area contributed by atoms with Crippen molar-refractivity contribution in [1.82, 2.24) is 9.62 Å². The van der Waals surface area contributed by atoms with Crippen molar-refractivity contribution in [1.29, 1.82) is 0 Å². The molecule has 1 amide bonds. The maximum atomic E-state index is 13.8. The van der Waals surface area contributed by atoms with E-state index in [2.05, 4.69) is 4.72 Å². The summed E-state index contributed by atoms with van der Waals surface area (Å²) in [6, 6.07) is 12.6. The van der Waals surface area contributed by atoms with Crippen molar-refractivity contribution in [3.63, 3.8) is 0 Å². The number of hydrogen-bond donors (Lipinski definition) is 1. The summed E-state index contributed by atoms with van der Waals surface area (Å²) in [6.07, 6.45) is 2.03. The van der Waals surface area contributed by atoms with E-state index in [4.69, 9.17) is 4.74 Å². The maximum absolute atomic E-state index is 13.8. The number of sulfonamides is 1. The minimum Gasteiger partial charge on any atom is -0.454 e. The van der Waals surface area contributed by atoms with Crippen molar-refractivity contribution in [2.24, 2.45) is 0 Å². The first-order valence-corrected chi connectivity index (χ1v) is 12.3. The van der Waals surface area contributed by atoms with Crippen LogP contribution in [0.2, 0.25) is 0 Å². The first kappa shape index (κ1) is 24.8. The molecule has 0 aliphatic rings. The Balaban J connectivity index is 1.98. The van der Waals surface area contributed by atoms with E-state index in [-0.39, 0.29) is 17.9 Å². The Bertz CT molecular complexity index is 986. The highest BCUT2D eigenvalue weighted by atomic mass is 32.2. The van der Waals surface area contributed by atoms with Gasteiger partial charge in [-0.25, -0.2) is 12.8 Å². The lowest BCUT2D eigenvalue weighted by Crippen LogP contribution is -2.43. The molecule has 1 unspecified atom stereocenters. The van der Waals surface area contributed by atoms with Gasteiger partial charge in [0.1, 0.15) is 11.9 Å². The second-order valence-corrected chi connectivity index (χ2v) is 9.42. The van der Waals surface area contributed by atoms with Crippen molar-refractivity contribution < 1.29 is 27.1 Å². The molecule has 10 heteroatoms. The minimum atomic E-state index is -3.93. The van der Waals surface area contributed by atoms with Crippen LogP contribution >= 0.6 is 11.8 Å². The number of thioether (sulfide) groups is 1. The molecule has 2 aromatic rings. The van der Waals surface area contributed by atoms with Crippen LogP contribution in [0.15, 0.2) is 59.5 Å². The fraction of sp³-hybridized carbons (Fsp3) is 0.333. The summed E-state index contributed by atoms with van der Waals surface area (Å²) in [5.74, 6) is -1.31. The van der Waals surface area contributed by atoms with Gasteiger partial charge in [0, 0.05) is 19.2 Å². The third-order valence-corrected chi connectivity index (χ3v) is 6.51. The molecule has 0 bridgehead atoms. The van der Waals surface area contributed by atoms with Crippen molar-refractivity contribution in [3.05, 3.63) is 66.0 Å². The summed E-state index contributed by atoms with van der Waals surface area (Å²) in [6.45, 7) is -0.563. The fourth-order valence-corrected chi connectivity index (χ4v) is 4.34. The molecule has 1 atom stereocenters. The smallest absolute Gasteiger partial charge is 0.324 e. The molecular weight excluding hydrogens is 443 g/mol. The Labute approximate surface area is 186 Å². The number of hydrogen-bond acceptors (Lipinski definition) is 6. The number of esters is 1. The Morgan fingerprint density at radius 3 is 2.42 bits per heavy atom. The molecule has 1 N–H and O–H groups in total. The molecule has 168 valence electrons. The van der Waals surface area contributed by atoms with Gasteiger partial charge >= 0.3 is 5.97 Å². The van der Waals surface area contributed by atoms with Crippen LogP contribution in [-0.4, -0.2) is 56.9 Å². The summed E-state index contributed by atoms with van der Waals surface area (Å²) in [4.78, 5) is 26.1. The monoisotopic (exact) mass is 468 g/mol. The molecule has 0 radical (unpaired) electrons. The number of nitrogens with one attached hydrogen (secondary N) is 1.